The third kappa shape index (κ3) is 3.78. The average molecular weight is 479 g/mol. The van der Waals surface area contributed by atoms with Crippen molar-refractivity contribution in [3.63, 3.8) is 0 Å². The maximum atomic E-state index is 13.0. The van der Waals surface area contributed by atoms with Gasteiger partial charge in [0.1, 0.15) is 11.3 Å². The Balaban J connectivity index is 1.33. The lowest BCUT2D eigenvalue weighted by atomic mass is 9.83. The van der Waals surface area contributed by atoms with Crippen LogP contribution < -0.4 is 15.9 Å². The van der Waals surface area contributed by atoms with Crippen LogP contribution in [0.4, 0.5) is 5.69 Å². The molecule has 0 radical (unpaired) electrons. The van der Waals surface area contributed by atoms with Crippen molar-refractivity contribution in [1.82, 2.24) is 9.47 Å². The van der Waals surface area contributed by atoms with E-state index in [0.29, 0.717) is 42.1 Å². The first-order valence-corrected chi connectivity index (χ1v) is 11.5. The van der Waals surface area contributed by atoms with Crippen LogP contribution in [0.25, 0.3) is 11.0 Å². The number of carbonyl (C=O) groups excluding carboxylic acids is 1. The SMILES string of the molecule is Cc1c(C)c2ccc(OCC(=O)N3C[C@@H]4C[C@@H](C3)c3ccc([N+](=O)[O-])c(=O)n3C4)c(C)c2oc1=O. The Bertz CT molecular complexity index is 1500. The largest absolute Gasteiger partial charge is 0.483 e. The van der Waals surface area contributed by atoms with E-state index >= 15 is 0 Å². The minimum Gasteiger partial charge on any atom is -0.483 e. The molecule has 1 saturated heterocycles. The van der Waals surface area contributed by atoms with Gasteiger partial charge in [0.05, 0.1) is 4.92 Å². The second-order valence-electron chi connectivity index (χ2n) is 9.41. The smallest absolute Gasteiger partial charge is 0.339 e. The fraction of sp³-hybridized carbons (Fsp3) is 0.400. The molecule has 0 N–H and O–H groups in total. The predicted octanol–water partition coefficient (Wildman–Crippen LogP) is 2.81. The topological polar surface area (TPSA) is 125 Å². The zero-order chi connectivity index (χ0) is 25.0. The Morgan fingerprint density at radius 1 is 1.09 bits per heavy atom. The van der Waals surface area contributed by atoms with Crippen LogP contribution in [0.2, 0.25) is 0 Å². The molecule has 5 rings (SSSR count). The van der Waals surface area contributed by atoms with E-state index in [1.807, 2.05) is 13.0 Å². The summed E-state index contributed by atoms with van der Waals surface area (Å²) in [6.45, 7) is 6.43. The van der Waals surface area contributed by atoms with Crippen molar-refractivity contribution in [3.05, 3.63) is 77.5 Å². The first-order chi connectivity index (χ1) is 16.7. The highest BCUT2D eigenvalue weighted by molar-refractivity contribution is 5.86. The molecule has 2 aliphatic heterocycles. The van der Waals surface area contributed by atoms with E-state index in [4.69, 9.17) is 9.15 Å². The summed E-state index contributed by atoms with van der Waals surface area (Å²) in [4.78, 5) is 49.9. The van der Waals surface area contributed by atoms with Crippen LogP contribution in [0.15, 0.2) is 38.3 Å². The Hall–Kier alpha value is -3.95. The van der Waals surface area contributed by atoms with Gasteiger partial charge in [-0.3, -0.25) is 19.7 Å². The number of nitro groups is 1. The molecule has 1 amide bonds. The van der Waals surface area contributed by atoms with Gasteiger partial charge >= 0.3 is 16.9 Å². The molecule has 4 heterocycles. The molecule has 0 spiro atoms. The molecule has 2 aromatic heterocycles. The number of aromatic nitrogens is 1. The van der Waals surface area contributed by atoms with Gasteiger partial charge in [-0.25, -0.2) is 4.79 Å². The number of hydrogen-bond acceptors (Lipinski definition) is 7. The fourth-order valence-corrected chi connectivity index (χ4v) is 5.29. The first-order valence-electron chi connectivity index (χ1n) is 11.5. The molecule has 2 aliphatic rings. The quantitative estimate of drug-likeness (QED) is 0.320. The van der Waals surface area contributed by atoms with Gasteiger partial charge in [-0.1, -0.05) is 0 Å². The van der Waals surface area contributed by atoms with Crippen molar-refractivity contribution in [2.45, 2.75) is 39.7 Å². The second-order valence-corrected chi connectivity index (χ2v) is 9.41. The molecule has 2 bridgehead atoms. The normalized spacial score (nSPS) is 18.9. The van der Waals surface area contributed by atoms with Crippen molar-refractivity contribution in [2.24, 2.45) is 5.92 Å². The summed E-state index contributed by atoms with van der Waals surface area (Å²) in [6, 6.07) is 6.48. The lowest BCUT2D eigenvalue weighted by Crippen LogP contribution is -2.50. The Morgan fingerprint density at radius 2 is 1.86 bits per heavy atom. The lowest BCUT2D eigenvalue weighted by Gasteiger charge is -2.42. The maximum Gasteiger partial charge on any atom is 0.339 e. The van der Waals surface area contributed by atoms with Gasteiger partial charge in [-0.15, -0.1) is 0 Å². The molecule has 0 unspecified atom stereocenters. The molecule has 1 aromatic carbocycles. The van der Waals surface area contributed by atoms with Gasteiger partial charge in [0.15, 0.2) is 6.61 Å². The van der Waals surface area contributed by atoms with Crippen LogP contribution >= 0.6 is 0 Å². The van der Waals surface area contributed by atoms with Gasteiger partial charge in [-0.2, -0.15) is 0 Å². The zero-order valence-electron chi connectivity index (χ0n) is 19.7. The number of pyridine rings is 1. The number of piperidine rings is 1. The number of carbonyl (C=O) groups is 1. The van der Waals surface area contributed by atoms with E-state index in [-0.39, 0.29) is 24.3 Å². The number of hydrogen-bond donors (Lipinski definition) is 0. The highest BCUT2D eigenvalue weighted by Gasteiger charge is 2.37. The van der Waals surface area contributed by atoms with Gasteiger partial charge in [0.2, 0.25) is 0 Å². The zero-order valence-corrected chi connectivity index (χ0v) is 19.7. The lowest BCUT2D eigenvalue weighted by molar-refractivity contribution is -0.386. The third-order valence-electron chi connectivity index (χ3n) is 7.31. The van der Waals surface area contributed by atoms with Crippen LogP contribution in [0.5, 0.6) is 5.75 Å². The van der Waals surface area contributed by atoms with Crippen LogP contribution in [0.1, 0.15) is 34.7 Å². The fourth-order valence-electron chi connectivity index (χ4n) is 5.29. The second kappa shape index (κ2) is 8.37. The van der Waals surface area contributed by atoms with E-state index in [0.717, 1.165) is 23.1 Å². The summed E-state index contributed by atoms with van der Waals surface area (Å²) in [5.41, 5.74) is 1.84. The third-order valence-corrected chi connectivity index (χ3v) is 7.31. The summed E-state index contributed by atoms with van der Waals surface area (Å²) in [7, 11) is 0. The number of benzene rings is 1. The highest BCUT2D eigenvalue weighted by atomic mass is 16.6. The van der Waals surface area contributed by atoms with Crippen LogP contribution in [-0.2, 0) is 11.3 Å². The van der Waals surface area contributed by atoms with Crippen molar-refractivity contribution in [1.29, 1.82) is 0 Å². The number of rotatable bonds is 4. The van der Waals surface area contributed by atoms with Gasteiger partial charge < -0.3 is 18.6 Å². The van der Waals surface area contributed by atoms with E-state index in [1.165, 1.54) is 10.6 Å². The molecule has 0 aliphatic carbocycles. The molecule has 182 valence electrons. The highest BCUT2D eigenvalue weighted by Crippen LogP contribution is 2.36. The molecule has 10 nitrogen and oxygen atoms in total. The standard InChI is InChI=1S/C25H25N3O7/c1-13-14(2)25(31)35-23-15(3)21(7-4-18(13)23)34-12-22(29)26-9-16-8-17(11-26)19-5-6-20(28(32)33)24(30)27(19)10-16/h4-7,16-17H,8-12H2,1-3H3/t16-,17-/m0/s1. The molecule has 2 atom stereocenters. The molecule has 10 heteroatoms. The summed E-state index contributed by atoms with van der Waals surface area (Å²) in [5.74, 6) is 0.257. The minimum atomic E-state index is -0.657. The van der Waals surface area contributed by atoms with Gasteiger partial charge in [-0.05, 0) is 56.9 Å². The molecular weight excluding hydrogens is 454 g/mol. The van der Waals surface area contributed by atoms with Crippen LogP contribution in [-0.4, -0.2) is 40.0 Å². The maximum absolute atomic E-state index is 13.0. The van der Waals surface area contributed by atoms with Crippen molar-refractivity contribution in [2.75, 3.05) is 19.7 Å². The number of fused-ring (bicyclic) bond motifs is 5. The summed E-state index contributed by atoms with van der Waals surface area (Å²) in [6.07, 6.45) is 0.823. The van der Waals surface area contributed by atoms with E-state index in [1.54, 1.807) is 30.9 Å². The molecule has 0 saturated carbocycles. The monoisotopic (exact) mass is 479 g/mol. The molecule has 3 aromatic rings. The van der Waals surface area contributed by atoms with Crippen molar-refractivity contribution >= 4 is 22.6 Å². The summed E-state index contributed by atoms with van der Waals surface area (Å²) in [5, 5.41) is 12.0. The number of aryl methyl sites for hydroxylation is 2. The van der Waals surface area contributed by atoms with E-state index in [9.17, 15) is 24.5 Å². The first kappa shape index (κ1) is 22.8. The number of amides is 1. The Kier molecular flexibility index (Phi) is 5.46. The van der Waals surface area contributed by atoms with E-state index < -0.39 is 21.8 Å². The van der Waals surface area contributed by atoms with Gasteiger partial charge in [0.25, 0.3) is 5.91 Å². The Morgan fingerprint density at radius 3 is 2.60 bits per heavy atom. The number of nitrogens with zero attached hydrogens (tertiary/aromatic N) is 3. The molecule has 35 heavy (non-hydrogen) atoms. The Labute approximate surface area is 199 Å². The van der Waals surface area contributed by atoms with Gasteiger partial charge in [0, 0.05) is 53.8 Å². The summed E-state index contributed by atoms with van der Waals surface area (Å²) < 4.78 is 12.8. The van der Waals surface area contributed by atoms with Crippen molar-refractivity contribution < 1.29 is 18.9 Å². The average Bonchev–Trinajstić information content (AvgIpc) is 2.82. The number of ether oxygens (including phenoxy) is 1. The van der Waals surface area contributed by atoms with Crippen molar-refractivity contribution in [3.8, 4) is 5.75 Å². The predicted molar refractivity (Wildman–Crippen MR) is 127 cm³/mol. The van der Waals surface area contributed by atoms with Crippen LogP contribution in [0.3, 0.4) is 0 Å². The van der Waals surface area contributed by atoms with E-state index in [2.05, 4.69) is 0 Å². The number of likely N-dealkylation sites (tertiary alicyclic amines) is 1. The molecule has 1 fully saturated rings. The molecular formula is C25H25N3O7. The minimum absolute atomic E-state index is 0.0350. The summed E-state index contributed by atoms with van der Waals surface area (Å²) >= 11 is 0. The van der Waals surface area contributed by atoms with Crippen LogP contribution in [0, 0.1) is 36.8 Å².